The van der Waals surface area contributed by atoms with E-state index in [4.69, 9.17) is 25.7 Å². The standard InChI is InChI=1S/C10H20NO7P/c1-6(3-2-4-11)5-7(9(12)13)8(10(14)15)19(16,17)18/h6-8H,2-5,11H2,1H3,(H,12,13)(H,14,15)(H2,16,17,18). The summed E-state index contributed by atoms with van der Waals surface area (Å²) in [5.74, 6) is -5.12. The second-order valence-corrected chi connectivity index (χ2v) is 6.32. The Hall–Kier alpha value is -0.950. The molecule has 0 aromatic carbocycles. The minimum atomic E-state index is -5.03. The topological polar surface area (TPSA) is 158 Å². The van der Waals surface area contributed by atoms with E-state index in [1.54, 1.807) is 6.92 Å². The fraction of sp³-hybridized carbons (Fsp3) is 0.800. The summed E-state index contributed by atoms with van der Waals surface area (Å²) in [6, 6.07) is 0. The molecule has 0 aliphatic heterocycles. The van der Waals surface area contributed by atoms with Crippen LogP contribution in [0.15, 0.2) is 0 Å². The van der Waals surface area contributed by atoms with Crippen LogP contribution in [0.25, 0.3) is 0 Å². The van der Waals surface area contributed by atoms with Crippen LogP contribution in [-0.4, -0.2) is 44.1 Å². The van der Waals surface area contributed by atoms with Gasteiger partial charge in [0.15, 0.2) is 5.66 Å². The van der Waals surface area contributed by atoms with Gasteiger partial charge in [0, 0.05) is 0 Å². The van der Waals surface area contributed by atoms with E-state index in [2.05, 4.69) is 0 Å². The summed E-state index contributed by atoms with van der Waals surface area (Å²) in [6.45, 7) is 2.12. The van der Waals surface area contributed by atoms with Crippen LogP contribution in [0.1, 0.15) is 26.2 Å². The maximum absolute atomic E-state index is 11.1. The van der Waals surface area contributed by atoms with E-state index in [0.29, 0.717) is 19.4 Å². The molecule has 3 unspecified atom stereocenters. The normalized spacial score (nSPS) is 16.6. The molecular formula is C10H20NO7P. The van der Waals surface area contributed by atoms with Gasteiger partial charge in [-0.3, -0.25) is 14.2 Å². The van der Waals surface area contributed by atoms with E-state index >= 15 is 0 Å². The van der Waals surface area contributed by atoms with Crippen molar-refractivity contribution >= 4 is 19.5 Å². The number of carboxylic acids is 2. The molecule has 0 aliphatic carbocycles. The van der Waals surface area contributed by atoms with Crippen LogP contribution in [0, 0.1) is 11.8 Å². The van der Waals surface area contributed by atoms with Crippen molar-refractivity contribution in [3.8, 4) is 0 Å². The molecule has 3 atom stereocenters. The molecule has 8 nitrogen and oxygen atoms in total. The summed E-state index contributed by atoms with van der Waals surface area (Å²) < 4.78 is 11.1. The average Bonchev–Trinajstić information content (AvgIpc) is 2.22. The third-order valence-electron chi connectivity index (χ3n) is 2.87. The molecule has 0 heterocycles. The van der Waals surface area contributed by atoms with Gasteiger partial charge in [-0.25, -0.2) is 0 Å². The molecule has 6 N–H and O–H groups in total. The molecule has 19 heavy (non-hydrogen) atoms. The van der Waals surface area contributed by atoms with Crippen LogP contribution in [0.2, 0.25) is 0 Å². The predicted molar refractivity (Wildman–Crippen MR) is 66.7 cm³/mol. The van der Waals surface area contributed by atoms with E-state index in [0.717, 1.165) is 0 Å². The van der Waals surface area contributed by atoms with E-state index in [1.807, 2.05) is 0 Å². The molecule has 9 heteroatoms. The fourth-order valence-corrected chi connectivity index (χ4v) is 2.94. The van der Waals surface area contributed by atoms with Crippen molar-refractivity contribution in [3.05, 3.63) is 0 Å². The van der Waals surface area contributed by atoms with Crippen LogP contribution in [-0.2, 0) is 14.2 Å². The van der Waals surface area contributed by atoms with Gasteiger partial charge in [-0.05, 0) is 31.7 Å². The van der Waals surface area contributed by atoms with E-state index in [9.17, 15) is 14.2 Å². The maximum Gasteiger partial charge on any atom is 0.340 e. The van der Waals surface area contributed by atoms with Crippen molar-refractivity contribution in [2.45, 2.75) is 31.8 Å². The first-order chi connectivity index (χ1) is 8.61. The quantitative estimate of drug-likeness (QED) is 0.374. The molecule has 0 bridgehead atoms. The molecule has 0 fully saturated rings. The number of nitrogens with two attached hydrogens (primary N) is 1. The highest BCUT2D eigenvalue weighted by Crippen LogP contribution is 2.46. The number of rotatable bonds is 9. The SMILES string of the molecule is CC(CCCN)CC(C(=O)O)C(C(=O)O)P(=O)(O)O. The average molecular weight is 297 g/mol. The fourth-order valence-electron chi connectivity index (χ4n) is 1.93. The van der Waals surface area contributed by atoms with Crippen molar-refractivity contribution in [3.63, 3.8) is 0 Å². The predicted octanol–water partition coefficient (Wildman–Crippen LogP) is 0.0832. The van der Waals surface area contributed by atoms with Gasteiger partial charge in [0.1, 0.15) is 0 Å². The molecule has 0 aromatic rings. The van der Waals surface area contributed by atoms with Gasteiger partial charge in [-0.2, -0.15) is 0 Å². The number of aliphatic carboxylic acids is 2. The van der Waals surface area contributed by atoms with E-state index in [1.165, 1.54) is 0 Å². The van der Waals surface area contributed by atoms with Crippen molar-refractivity contribution in [2.75, 3.05) is 6.54 Å². The Morgan fingerprint density at radius 1 is 1.21 bits per heavy atom. The maximum atomic E-state index is 11.1. The Labute approximate surface area is 110 Å². The third-order valence-corrected chi connectivity index (χ3v) is 4.18. The zero-order valence-corrected chi connectivity index (χ0v) is 11.5. The first kappa shape index (κ1) is 18.0. The zero-order valence-electron chi connectivity index (χ0n) is 10.6. The van der Waals surface area contributed by atoms with Crippen LogP contribution in [0.4, 0.5) is 0 Å². The Kier molecular flexibility index (Phi) is 7.21. The minimum absolute atomic E-state index is 0.114. The summed E-state index contributed by atoms with van der Waals surface area (Å²) in [5, 5.41) is 17.8. The molecule has 0 aromatic heterocycles. The summed E-state index contributed by atoms with van der Waals surface area (Å²) in [6.07, 6.45) is 1.10. The van der Waals surface area contributed by atoms with Crippen LogP contribution in [0.3, 0.4) is 0 Å². The lowest BCUT2D eigenvalue weighted by molar-refractivity contribution is -0.148. The highest BCUT2D eigenvalue weighted by Gasteiger charge is 2.46. The van der Waals surface area contributed by atoms with Gasteiger partial charge < -0.3 is 25.7 Å². The summed E-state index contributed by atoms with van der Waals surface area (Å²) in [7, 11) is -5.03. The molecule has 0 rings (SSSR count). The number of carbonyl (C=O) groups is 2. The molecule has 0 saturated heterocycles. The van der Waals surface area contributed by atoms with Crippen LogP contribution < -0.4 is 5.73 Å². The molecule has 0 amide bonds. The van der Waals surface area contributed by atoms with Gasteiger partial charge in [0.2, 0.25) is 0 Å². The summed E-state index contributed by atoms with van der Waals surface area (Å²) in [5.41, 5.74) is 3.09. The Balaban J connectivity index is 5.03. The van der Waals surface area contributed by atoms with Gasteiger partial charge in [-0.15, -0.1) is 0 Å². The van der Waals surface area contributed by atoms with Crippen molar-refractivity contribution in [1.29, 1.82) is 0 Å². The van der Waals surface area contributed by atoms with Gasteiger partial charge >= 0.3 is 19.5 Å². The largest absolute Gasteiger partial charge is 0.481 e. The summed E-state index contributed by atoms with van der Waals surface area (Å²) >= 11 is 0. The second kappa shape index (κ2) is 7.59. The first-order valence-electron chi connectivity index (χ1n) is 5.82. The lowest BCUT2D eigenvalue weighted by Gasteiger charge is -2.23. The highest BCUT2D eigenvalue weighted by atomic mass is 31.2. The monoisotopic (exact) mass is 297 g/mol. The van der Waals surface area contributed by atoms with Crippen molar-refractivity contribution in [2.24, 2.45) is 17.6 Å². The number of hydrogen-bond acceptors (Lipinski definition) is 4. The summed E-state index contributed by atoms with van der Waals surface area (Å²) in [4.78, 5) is 40.0. The number of carboxylic acid groups (broad SMARTS) is 2. The van der Waals surface area contributed by atoms with E-state index < -0.39 is 31.1 Å². The lowest BCUT2D eigenvalue weighted by Crippen LogP contribution is -2.36. The molecular weight excluding hydrogens is 277 g/mol. The molecule has 0 saturated carbocycles. The molecule has 0 radical (unpaired) electrons. The van der Waals surface area contributed by atoms with Crippen molar-refractivity contribution < 1.29 is 34.2 Å². The van der Waals surface area contributed by atoms with Crippen molar-refractivity contribution in [1.82, 2.24) is 0 Å². The zero-order chi connectivity index (χ0) is 15.2. The van der Waals surface area contributed by atoms with Crippen LogP contribution >= 0.6 is 7.60 Å². The first-order valence-corrected chi connectivity index (χ1v) is 7.50. The van der Waals surface area contributed by atoms with Gasteiger partial charge in [0.25, 0.3) is 0 Å². The molecule has 112 valence electrons. The lowest BCUT2D eigenvalue weighted by atomic mass is 9.90. The second-order valence-electron chi connectivity index (χ2n) is 4.59. The third kappa shape index (κ3) is 6.15. The Morgan fingerprint density at radius 2 is 1.74 bits per heavy atom. The molecule has 0 aliphatic rings. The Morgan fingerprint density at radius 3 is 2.05 bits per heavy atom. The van der Waals surface area contributed by atoms with Gasteiger partial charge in [0.05, 0.1) is 5.92 Å². The smallest absolute Gasteiger partial charge is 0.340 e. The molecule has 0 spiro atoms. The number of hydrogen-bond donors (Lipinski definition) is 5. The Bertz CT molecular complexity index is 367. The highest BCUT2D eigenvalue weighted by molar-refractivity contribution is 7.53. The van der Waals surface area contributed by atoms with Crippen LogP contribution in [0.5, 0.6) is 0 Å². The minimum Gasteiger partial charge on any atom is -0.481 e. The van der Waals surface area contributed by atoms with E-state index in [-0.39, 0.29) is 12.3 Å². The van der Waals surface area contributed by atoms with Gasteiger partial charge in [-0.1, -0.05) is 6.92 Å².